The Morgan fingerprint density at radius 2 is 2.25 bits per heavy atom. The molecule has 0 fully saturated rings. The van der Waals surface area contributed by atoms with E-state index in [1.165, 1.54) is 4.68 Å². The summed E-state index contributed by atoms with van der Waals surface area (Å²) in [5, 5.41) is 6.77. The summed E-state index contributed by atoms with van der Waals surface area (Å²) in [5.41, 5.74) is 0. The molecule has 8 nitrogen and oxygen atoms in total. The van der Waals surface area contributed by atoms with Crippen molar-refractivity contribution >= 4 is 23.5 Å². The van der Waals surface area contributed by atoms with Gasteiger partial charge in [0.1, 0.15) is 0 Å². The molecule has 0 atom stereocenters. The summed E-state index contributed by atoms with van der Waals surface area (Å²) >= 11 is 5.88. The number of hydrogen-bond donors (Lipinski definition) is 1. The zero-order valence-corrected chi connectivity index (χ0v) is 11.9. The molecule has 0 aliphatic heterocycles. The van der Waals surface area contributed by atoms with Gasteiger partial charge < -0.3 is 10.2 Å². The van der Waals surface area contributed by atoms with Crippen molar-refractivity contribution in [2.45, 2.75) is 6.92 Å². The normalized spacial score (nSPS) is 10.3. The Balaban J connectivity index is 2.21. The molecule has 0 spiro atoms. The van der Waals surface area contributed by atoms with Crippen molar-refractivity contribution in [3.63, 3.8) is 0 Å². The molecule has 2 heterocycles. The zero-order valence-electron chi connectivity index (χ0n) is 11.1. The minimum Gasteiger partial charge on any atom is -0.355 e. The summed E-state index contributed by atoms with van der Waals surface area (Å²) in [6.45, 7) is 2.56. The number of hydrogen-bond acceptors (Lipinski definition) is 6. The van der Waals surface area contributed by atoms with E-state index in [1.807, 2.05) is 6.92 Å². The third kappa shape index (κ3) is 3.41. The molecular formula is C11H14ClN7O. The average Bonchev–Trinajstić information content (AvgIpc) is 2.92. The lowest BCUT2D eigenvalue weighted by Crippen LogP contribution is -2.36. The van der Waals surface area contributed by atoms with Crippen LogP contribution >= 0.6 is 11.6 Å². The van der Waals surface area contributed by atoms with Crippen molar-refractivity contribution < 1.29 is 4.79 Å². The van der Waals surface area contributed by atoms with Gasteiger partial charge >= 0.3 is 0 Å². The largest absolute Gasteiger partial charge is 0.355 e. The van der Waals surface area contributed by atoms with Gasteiger partial charge in [-0.25, -0.2) is 4.68 Å². The monoisotopic (exact) mass is 295 g/mol. The Hall–Kier alpha value is -2.22. The first-order chi connectivity index (χ1) is 9.60. The van der Waals surface area contributed by atoms with Crippen LogP contribution in [0.15, 0.2) is 18.5 Å². The Bertz CT molecular complexity index is 586. The minimum absolute atomic E-state index is 0.0447. The van der Waals surface area contributed by atoms with E-state index in [0.717, 1.165) is 0 Å². The van der Waals surface area contributed by atoms with Crippen molar-refractivity contribution in [1.29, 1.82) is 0 Å². The maximum Gasteiger partial charge on any atom is 0.256 e. The van der Waals surface area contributed by atoms with E-state index in [9.17, 15) is 4.79 Å². The fraction of sp³-hybridized carbons (Fsp3) is 0.364. The average molecular weight is 296 g/mol. The van der Waals surface area contributed by atoms with E-state index in [4.69, 9.17) is 11.6 Å². The molecule has 0 bridgehead atoms. The fourth-order valence-electron chi connectivity index (χ4n) is 1.53. The van der Waals surface area contributed by atoms with Crippen LogP contribution in [0.3, 0.4) is 0 Å². The van der Waals surface area contributed by atoms with Gasteiger partial charge in [0, 0.05) is 26.0 Å². The second-order valence-electron chi connectivity index (χ2n) is 3.96. The summed E-state index contributed by atoms with van der Waals surface area (Å²) in [6, 6.07) is 1.75. The maximum atomic E-state index is 11.6. The Labute approximate surface area is 120 Å². The van der Waals surface area contributed by atoms with Gasteiger partial charge in [-0.1, -0.05) is 0 Å². The third-order valence-electron chi connectivity index (χ3n) is 2.39. The van der Waals surface area contributed by atoms with E-state index < -0.39 is 0 Å². The number of nitrogens with one attached hydrogen (secondary N) is 1. The SMILES string of the molecule is CCNC(=O)CN(C)c1nc(Cl)nc(-n2cccn2)n1. The lowest BCUT2D eigenvalue weighted by Gasteiger charge is -2.16. The first-order valence-corrected chi connectivity index (χ1v) is 6.37. The quantitative estimate of drug-likeness (QED) is 0.852. The van der Waals surface area contributed by atoms with Crippen molar-refractivity contribution in [3.8, 4) is 5.95 Å². The molecular weight excluding hydrogens is 282 g/mol. The summed E-state index contributed by atoms with van der Waals surface area (Å²) < 4.78 is 1.47. The number of likely N-dealkylation sites (N-methyl/N-ethyl adjacent to an activating group) is 2. The number of nitrogens with zero attached hydrogens (tertiary/aromatic N) is 6. The zero-order chi connectivity index (χ0) is 14.5. The molecule has 1 N–H and O–H groups in total. The van der Waals surface area contributed by atoms with Gasteiger partial charge in [-0.15, -0.1) is 0 Å². The van der Waals surface area contributed by atoms with Gasteiger partial charge in [0.05, 0.1) is 6.54 Å². The molecule has 0 radical (unpaired) electrons. The van der Waals surface area contributed by atoms with Gasteiger partial charge in [0.2, 0.25) is 17.1 Å². The number of carbonyl (C=O) groups excluding carboxylic acids is 1. The molecule has 2 aromatic heterocycles. The molecule has 20 heavy (non-hydrogen) atoms. The molecule has 2 aromatic rings. The van der Waals surface area contributed by atoms with E-state index in [2.05, 4.69) is 25.4 Å². The van der Waals surface area contributed by atoms with Gasteiger partial charge in [-0.05, 0) is 24.6 Å². The molecule has 0 saturated heterocycles. The summed E-state index contributed by atoms with van der Waals surface area (Å²) in [5.74, 6) is 0.488. The molecule has 0 aliphatic carbocycles. The topological polar surface area (TPSA) is 88.8 Å². The molecule has 0 unspecified atom stereocenters. The third-order valence-corrected chi connectivity index (χ3v) is 2.56. The summed E-state index contributed by atoms with van der Waals surface area (Å²) in [6.07, 6.45) is 3.30. The van der Waals surface area contributed by atoms with Crippen LogP contribution in [0.4, 0.5) is 5.95 Å². The van der Waals surface area contributed by atoms with Crippen LogP contribution in [0.5, 0.6) is 0 Å². The number of carbonyl (C=O) groups is 1. The second-order valence-corrected chi connectivity index (χ2v) is 4.30. The van der Waals surface area contributed by atoms with Gasteiger partial charge in [0.15, 0.2) is 0 Å². The maximum absolute atomic E-state index is 11.6. The first-order valence-electron chi connectivity index (χ1n) is 5.99. The van der Waals surface area contributed by atoms with Crippen LogP contribution < -0.4 is 10.2 Å². The van der Waals surface area contributed by atoms with Crippen LogP contribution in [-0.4, -0.2) is 50.8 Å². The lowest BCUT2D eigenvalue weighted by atomic mass is 10.5. The van der Waals surface area contributed by atoms with E-state index >= 15 is 0 Å². The molecule has 9 heteroatoms. The van der Waals surface area contributed by atoms with E-state index in [0.29, 0.717) is 18.4 Å². The second kappa shape index (κ2) is 6.29. The highest BCUT2D eigenvalue weighted by molar-refractivity contribution is 6.28. The number of halogens is 1. The van der Waals surface area contributed by atoms with Crippen LogP contribution in [-0.2, 0) is 4.79 Å². The Morgan fingerprint density at radius 1 is 1.45 bits per heavy atom. The Kier molecular flexibility index (Phi) is 4.46. The first kappa shape index (κ1) is 14.2. The molecule has 106 valence electrons. The Morgan fingerprint density at radius 3 is 2.90 bits per heavy atom. The number of anilines is 1. The highest BCUT2D eigenvalue weighted by Gasteiger charge is 2.13. The molecule has 0 aliphatic rings. The highest BCUT2D eigenvalue weighted by Crippen LogP contribution is 2.11. The fourth-order valence-corrected chi connectivity index (χ4v) is 1.68. The van der Waals surface area contributed by atoms with Crippen molar-refractivity contribution in [2.75, 3.05) is 25.0 Å². The van der Waals surface area contributed by atoms with E-state index in [-0.39, 0.29) is 17.7 Å². The van der Waals surface area contributed by atoms with Gasteiger partial charge in [0.25, 0.3) is 5.95 Å². The van der Waals surface area contributed by atoms with E-state index in [1.54, 1.807) is 30.4 Å². The number of amides is 1. The van der Waals surface area contributed by atoms with Crippen LogP contribution in [0, 0.1) is 0 Å². The minimum atomic E-state index is -0.118. The molecule has 0 aromatic carbocycles. The summed E-state index contributed by atoms with van der Waals surface area (Å²) in [7, 11) is 1.70. The van der Waals surface area contributed by atoms with Crippen LogP contribution in [0.1, 0.15) is 6.92 Å². The highest BCUT2D eigenvalue weighted by atomic mass is 35.5. The predicted octanol–water partition coefficient (Wildman–Crippen LogP) is 0.283. The van der Waals surface area contributed by atoms with Crippen LogP contribution in [0.2, 0.25) is 5.28 Å². The molecule has 2 rings (SSSR count). The van der Waals surface area contributed by atoms with Crippen molar-refractivity contribution in [2.24, 2.45) is 0 Å². The summed E-state index contributed by atoms with van der Waals surface area (Å²) in [4.78, 5) is 25.4. The van der Waals surface area contributed by atoms with Crippen molar-refractivity contribution in [1.82, 2.24) is 30.0 Å². The standard InChI is InChI=1S/C11H14ClN7O/c1-3-13-8(20)7-18(2)10-15-9(12)16-11(17-10)19-6-4-5-14-19/h4-6H,3,7H2,1-2H3,(H,13,20). The molecule has 1 amide bonds. The number of aromatic nitrogens is 5. The lowest BCUT2D eigenvalue weighted by molar-refractivity contribution is -0.119. The molecule has 0 saturated carbocycles. The van der Waals surface area contributed by atoms with Gasteiger partial charge in [-0.3, -0.25) is 4.79 Å². The van der Waals surface area contributed by atoms with Crippen molar-refractivity contribution in [3.05, 3.63) is 23.7 Å². The number of rotatable bonds is 5. The smallest absolute Gasteiger partial charge is 0.256 e. The van der Waals surface area contributed by atoms with Crippen LogP contribution in [0.25, 0.3) is 5.95 Å². The predicted molar refractivity (Wildman–Crippen MR) is 73.9 cm³/mol. The van der Waals surface area contributed by atoms with Gasteiger partial charge in [-0.2, -0.15) is 20.1 Å².